The third kappa shape index (κ3) is 8.07. The molecule has 3 aromatic carbocycles. The van der Waals surface area contributed by atoms with Gasteiger partial charge in [-0.3, -0.25) is 13.9 Å². The Kier molecular flexibility index (Phi) is 10.2. The van der Waals surface area contributed by atoms with Crippen LogP contribution in [-0.4, -0.2) is 44.3 Å². The topological polar surface area (TPSA) is 86.8 Å². The largest absolute Gasteiger partial charge is 0.354 e. The maximum absolute atomic E-state index is 13.9. The number of anilines is 1. The third-order valence-corrected chi connectivity index (χ3v) is 8.33. The van der Waals surface area contributed by atoms with Crippen LogP contribution in [0.25, 0.3) is 0 Å². The van der Waals surface area contributed by atoms with E-state index in [2.05, 4.69) is 5.32 Å². The van der Waals surface area contributed by atoms with Crippen LogP contribution in [0.3, 0.4) is 0 Å². The molecule has 7 nitrogen and oxygen atoms in total. The number of carbonyl (C=O) groups is 2. The predicted octanol–water partition coefficient (Wildman–Crippen LogP) is 5.34. The molecule has 0 aliphatic heterocycles. The molecule has 0 saturated carbocycles. The van der Waals surface area contributed by atoms with Gasteiger partial charge in [-0.25, -0.2) is 8.42 Å². The van der Waals surface area contributed by atoms with Crippen LogP contribution in [0, 0.1) is 19.8 Å². The first-order valence-corrected chi connectivity index (χ1v) is 14.7. The lowest BCUT2D eigenvalue weighted by Gasteiger charge is -2.32. The van der Waals surface area contributed by atoms with Crippen molar-refractivity contribution in [2.24, 2.45) is 5.92 Å². The first kappa shape index (κ1) is 30.2. The molecule has 3 rings (SSSR count). The molecule has 1 N–H and O–H groups in total. The Bertz CT molecular complexity index is 1390. The number of nitrogens with one attached hydrogen (secondary N) is 1. The lowest BCUT2D eigenvalue weighted by atomic mass is 10.1. The minimum atomic E-state index is -4.10. The van der Waals surface area contributed by atoms with E-state index in [1.54, 1.807) is 61.5 Å². The molecule has 1 atom stereocenters. The fraction of sp³-hybridized carbons (Fsp3) is 0.333. The number of hydrogen-bond acceptors (Lipinski definition) is 4. The summed E-state index contributed by atoms with van der Waals surface area (Å²) in [6.45, 7) is 9.44. The molecule has 0 spiro atoms. The van der Waals surface area contributed by atoms with Gasteiger partial charge in [-0.1, -0.05) is 73.0 Å². The first-order chi connectivity index (χ1) is 18.4. The minimum Gasteiger partial charge on any atom is -0.354 e. The summed E-state index contributed by atoms with van der Waals surface area (Å²) in [7, 11) is -4.10. The Morgan fingerprint density at radius 3 is 2.05 bits per heavy atom. The Morgan fingerprint density at radius 2 is 1.49 bits per heavy atom. The van der Waals surface area contributed by atoms with Crippen molar-refractivity contribution in [1.29, 1.82) is 0 Å². The number of aryl methyl sites for hydroxylation is 2. The zero-order valence-corrected chi connectivity index (χ0v) is 24.6. The Balaban J connectivity index is 2.01. The van der Waals surface area contributed by atoms with E-state index in [-0.39, 0.29) is 23.3 Å². The summed E-state index contributed by atoms with van der Waals surface area (Å²) < 4.78 is 28.8. The Labute approximate surface area is 236 Å². The van der Waals surface area contributed by atoms with Crippen LogP contribution in [0.5, 0.6) is 0 Å². The van der Waals surface area contributed by atoms with Gasteiger partial charge in [0.15, 0.2) is 0 Å². The number of hydrogen-bond donors (Lipinski definition) is 1. The van der Waals surface area contributed by atoms with E-state index in [1.165, 1.54) is 17.0 Å². The molecule has 0 aliphatic rings. The number of halogens is 1. The lowest BCUT2D eigenvalue weighted by Crippen LogP contribution is -2.51. The molecular weight excluding hydrogens is 534 g/mol. The molecule has 3 aromatic rings. The second-order valence-electron chi connectivity index (χ2n) is 10.1. The molecule has 39 heavy (non-hydrogen) atoms. The average molecular weight is 570 g/mol. The van der Waals surface area contributed by atoms with E-state index in [0.29, 0.717) is 17.3 Å². The zero-order valence-electron chi connectivity index (χ0n) is 23.0. The van der Waals surface area contributed by atoms with Gasteiger partial charge in [0.05, 0.1) is 10.6 Å². The summed E-state index contributed by atoms with van der Waals surface area (Å²) in [5.74, 6) is -0.601. The van der Waals surface area contributed by atoms with Crippen molar-refractivity contribution in [3.63, 3.8) is 0 Å². The Hall–Kier alpha value is -3.36. The van der Waals surface area contributed by atoms with Crippen LogP contribution in [0.15, 0.2) is 77.7 Å². The lowest BCUT2D eigenvalue weighted by molar-refractivity contribution is -0.139. The van der Waals surface area contributed by atoms with Crippen molar-refractivity contribution in [3.8, 4) is 0 Å². The summed E-state index contributed by atoms with van der Waals surface area (Å²) in [6, 6.07) is 19.6. The molecule has 9 heteroatoms. The fourth-order valence-corrected chi connectivity index (χ4v) is 5.57. The van der Waals surface area contributed by atoms with Gasteiger partial charge < -0.3 is 10.2 Å². The van der Waals surface area contributed by atoms with Crippen molar-refractivity contribution in [2.45, 2.75) is 52.1 Å². The van der Waals surface area contributed by atoms with Crippen LogP contribution in [-0.2, 0) is 26.2 Å². The van der Waals surface area contributed by atoms with E-state index >= 15 is 0 Å². The van der Waals surface area contributed by atoms with Crippen molar-refractivity contribution < 1.29 is 18.0 Å². The number of amides is 2. The molecule has 0 fully saturated rings. The summed E-state index contributed by atoms with van der Waals surface area (Å²) in [5.41, 5.74) is 2.95. The molecule has 0 saturated heterocycles. The molecule has 1 unspecified atom stereocenters. The summed E-state index contributed by atoms with van der Waals surface area (Å²) in [6.07, 6.45) is 0. The second-order valence-corrected chi connectivity index (χ2v) is 12.4. The quantitative estimate of drug-likeness (QED) is 0.338. The second kappa shape index (κ2) is 13.1. The number of nitrogens with zero attached hydrogens (tertiary/aromatic N) is 2. The van der Waals surface area contributed by atoms with Gasteiger partial charge in [0.25, 0.3) is 10.0 Å². The highest BCUT2D eigenvalue weighted by molar-refractivity contribution is 7.92. The van der Waals surface area contributed by atoms with Crippen molar-refractivity contribution >= 4 is 39.1 Å². The molecule has 0 bridgehead atoms. The van der Waals surface area contributed by atoms with Crippen LogP contribution < -0.4 is 9.62 Å². The maximum Gasteiger partial charge on any atom is 0.264 e. The van der Waals surface area contributed by atoms with Crippen LogP contribution in [0.2, 0.25) is 5.02 Å². The van der Waals surface area contributed by atoms with E-state index in [1.807, 2.05) is 33.8 Å². The standard InChI is InChI=1S/C30H36ClN3O4S/c1-21(2)18-32-30(36)24(5)33(19-25-7-6-8-26(31)17-25)29(35)20-34(27-13-9-22(3)10-14-27)39(37,38)28-15-11-23(4)12-16-28/h6-17,21,24H,18-20H2,1-5H3,(H,32,36). The maximum atomic E-state index is 13.9. The van der Waals surface area contributed by atoms with E-state index in [0.717, 1.165) is 21.0 Å². The molecule has 0 aliphatic carbocycles. The molecule has 0 aromatic heterocycles. The molecule has 0 heterocycles. The van der Waals surface area contributed by atoms with Crippen LogP contribution in [0.4, 0.5) is 5.69 Å². The Morgan fingerprint density at radius 1 is 0.897 bits per heavy atom. The SMILES string of the molecule is Cc1ccc(N(CC(=O)N(Cc2cccc(Cl)c2)C(C)C(=O)NCC(C)C)S(=O)(=O)c2ccc(C)cc2)cc1. The number of benzene rings is 3. The number of sulfonamides is 1. The number of carbonyl (C=O) groups excluding carboxylic acids is 2. The summed E-state index contributed by atoms with van der Waals surface area (Å²) in [5, 5.41) is 3.38. The van der Waals surface area contributed by atoms with Gasteiger partial charge in [-0.2, -0.15) is 0 Å². The molecule has 208 valence electrons. The van der Waals surface area contributed by atoms with Gasteiger partial charge in [0.2, 0.25) is 11.8 Å². The molecule has 2 amide bonds. The van der Waals surface area contributed by atoms with Crippen molar-refractivity contribution in [2.75, 3.05) is 17.4 Å². The monoisotopic (exact) mass is 569 g/mol. The third-order valence-electron chi connectivity index (χ3n) is 6.30. The molecule has 0 radical (unpaired) electrons. The fourth-order valence-electron chi connectivity index (χ4n) is 3.94. The van der Waals surface area contributed by atoms with Crippen LogP contribution >= 0.6 is 11.6 Å². The van der Waals surface area contributed by atoms with E-state index < -0.39 is 28.5 Å². The highest BCUT2D eigenvalue weighted by Crippen LogP contribution is 2.25. The van der Waals surface area contributed by atoms with Crippen LogP contribution in [0.1, 0.15) is 37.5 Å². The van der Waals surface area contributed by atoms with Crippen molar-refractivity contribution in [1.82, 2.24) is 10.2 Å². The van der Waals surface area contributed by atoms with Gasteiger partial charge in [0.1, 0.15) is 12.6 Å². The zero-order chi connectivity index (χ0) is 28.7. The van der Waals surface area contributed by atoms with Gasteiger partial charge in [-0.05, 0) is 68.7 Å². The normalized spacial score (nSPS) is 12.2. The highest BCUT2D eigenvalue weighted by atomic mass is 35.5. The first-order valence-electron chi connectivity index (χ1n) is 12.9. The smallest absolute Gasteiger partial charge is 0.264 e. The number of rotatable bonds is 11. The van der Waals surface area contributed by atoms with Gasteiger partial charge in [0, 0.05) is 18.1 Å². The summed E-state index contributed by atoms with van der Waals surface area (Å²) >= 11 is 6.18. The highest BCUT2D eigenvalue weighted by Gasteiger charge is 2.32. The predicted molar refractivity (Wildman–Crippen MR) is 156 cm³/mol. The van der Waals surface area contributed by atoms with Crippen molar-refractivity contribution in [3.05, 3.63) is 94.5 Å². The van der Waals surface area contributed by atoms with Gasteiger partial charge in [-0.15, -0.1) is 0 Å². The van der Waals surface area contributed by atoms with E-state index in [4.69, 9.17) is 11.6 Å². The summed E-state index contributed by atoms with van der Waals surface area (Å²) in [4.78, 5) is 28.4. The van der Waals surface area contributed by atoms with E-state index in [9.17, 15) is 18.0 Å². The minimum absolute atomic E-state index is 0.0746. The van der Waals surface area contributed by atoms with Gasteiger partial charge >= 0.3 is 0 Å². The average Bonchev–Trinajstić information content (AvgIpc) is 2.89. The molecular formula is C30H36ClN3O4S.